The zero-order valence-electron chi connectivity index (χ0n) is 13.2. The van der Waals surface area contributed by atoms with E-state index >= 15 is 0 Å². The second-order valence-corrected chi connectivity index (χ2v) is 6.28. The predicted octanol–water partition coefficient (Wildman–Crippen LogP) is 1.50. The number of aromatic nitrogens is 2. The summed E-state index contributed by atoms with van der Waals surface area (Å²) >= 11 is 0. The van der Waals surface area contributed by atoms with Crippen LogP contribution in [0.15, 0.2) is 6.20 Å². The molecule has 0 unspecified atom stereocenters. The van der Waals surface area contributed by atoms with Crippen LogP contribution in [0, 0.1) is 6.92 Å². The average molecular weight is 305 g/mol. The van der Waals surface area contributed by atoms with Crippen molar-refractivity contribution >= 4 is 11.7 Å². The SMILES string of the molecule is CC(=O)c1cnc(N2CCC3(CC2)OCCC[C@H]3O)nc1C. The summed E-state index contributed by atoms with van der Waals surface area (Å²) in [5.74, 6) is 0.642. The first-order valence-electron chi connectivity index (χ1n) is 7.93. The fourth-order valence-electron chi connectivity index (χ4n) is 3.43. The first-order chi connectivity index (χ1) is 10.5. The Morgan fingerprint density at radius 1 is 1.45 bits per heavy atom. The van der Waals surface area contributed by atoms with Gasteiger partial charge >= 0.3 is 0 Å². The molecule has 1 atom stereocenters. The highest BCUT2D eigenvalue weighted by atomic mass is 16.5. The summed E-state index contributed by atoms with van der Waals surface area (Å²) < 4.78 is 5.92. The van der Waals surface area contributed by atoms with Gasteiger partial charge in [-0.25, -0.2) is 9.97 Å². The van der Waals surface area contributed by atoms with Gasteiger partial charge in [0.15, 0.2) is 5.78 Å². The van der Waals surface area contributed by atoms with Crippen LogP contribution in [-0.4, -0.2) is 52.3 Å². The van der Waals surface area contributed by atoms with Crippen molar-refractivity contribution in [2.24, 2.45) is 0 Å². The first-order valence-corrected chi connectivity index (χ1v) is 7.93. The molecule has 0 aliphatic carbocycles. The smallest absolute Gasteiger partial charge is 0.225 e. The molecule has 2 aliphatic rings. The minimum atomic E-state index is -0.386. The average Bonchev–Trinajstić information content (AvgIpc) is 2.51. The Kier molecular flexibility index (Phi) is 4.14. The van der Waals surface area contributed by atoms with Crippen molar-refractivity contribution in [2.45, 2.75) is 51.2 Å². The van der Waals surface area contributed by atoms with Crippen LogP contribution in [0.5, 0.6) is 0 Å². The van der Waals surface area contributed by atoms with E-state index in [2.05, 4.69) is 14.9 Å². The third kappa shape index (κ3) is 2.73. The number of carbonyl (C=O) groups excluding carboxylic acids is 1. The Morgan fingerprint density at radius 2 is 2.18 bits per heavy atom. The van der Waals surface area contributed by atoms with Gasteiger partial charge < -0.3 is 14.7 Å². The van der Waals surface area contributed by atoms with Gasteiger partial charge in [0.1, 0.15) is 0 Å². The molecule has 1 N–H and O–H groups in total. The summed E-state index contributed by atoms with van der Waals surface area (Å²) in [6.45, 7) is 5.62. The lowest BCUT2D eigenvalue weighted by Crippen LogP contribution is -2.55. The Hall–Kier alpha value is -1.53. The second-order valence-electron chi connectivity index (χ2n) is 6.28. The fraction of sp³-hybridized carbons (Fsp3) is 0.688. The van der Waals surface area contributed by atoms with Crippen LogP contribution < -0.4 is 4.90 Å². The molecule has 2 aliphatic heterocycles. The number of hydrogen-bond donors (Lipinski definition) is 1. The van der Waals surface area contributed by atoms with Gasteiger partial charge in [-0.05, 0) is 39.5 Å². The fourth-order valence-corrected chi connectivity index (χ4v) is 3.43. The van der Waals surface area contributed by atoms with E-state index < -0.39 is 0 Å². The van der Waals surface area contributed by atoms with Crippen molar-refractivity contribution in [3.63, 3.8) is 0 Å². The number of aliphatic hydroxyl groups excluding tert-OH is 1. The third-order valence-corrected chi connectivity index (χ3v) is 4.86. The van der Waals surface area contributed by atoms with Gasteiger partial charge in [-0.15, -0.1) is 0 Å². The summed E-state index contributed by atoms with van der Waals surface area (Å²) in [4.78, 5) is 22.3. The number of nitrogens with zero attached hydrogens (tertiary/aromatic N) is 3. The van der Waals surface area contributed by atoms with E-state index in [1.54, 1.807) is 6.20 Å². The maximum absolute atomic E-state index is 11.5. The number of rotatable bonds is 2. The zero-order chi connectivity index (χ0) is 15.7. The number of aryl methyl sites for hydroxylation is 1. The molecule has 6 nitrogen and oxygen atoms in total. The Morgan fingerprint density at radius 3 is 2.77 bits per heavy atom. The van der Waals surface area contributed by atoms with E-state index in [4.69, 9.17) is 4.74 Å². The molecule has 120 valence electrons. The Labute approximate surface area is 130 Å². The van der Waals surface area contributed by atoms with Crippen LogP contribution in [-0.2, 0) is 4.74 Å². The standard InChI is InChI=1S/C16H23N3O3/c1-11-13(12(2)20)10-17-15(18-11)19-7-5-16(6-8-19)14(21)4-3-9-22-16/h10,14,21H,3-9H2,1-2H3/t14-/m1/s1. The molecule has 6 heteroatoms. The van der Waals surface area contributed by atoms with Crippen LogP contribution in [0.1, 0.15) is 48.7 Å². The van der Waals surface area contributed by atoms with Crippen molar-refractivity contribution in [2.75, 3.05) is 24.6 Å². The first kappa shape index (κ1) is 15.4. The summed E-state index contributed by atoms with van der Waals surface area (Å²) in [6.07, 6.45) is 4.56. The molecule has 0 saturated carbocycles. The Bertz CT molecular complexity index is 568. The number of carbonyl (C=O) groups is 1. The molecule has 0 radical (unpaired) electrons. The zero-order valence-corrected chi connectivity index (χ0v) is 13.2. The van der Waals surface area contributed by atoms with Crippen LogP contribution >= 0.6 is 0 Å². The lowest BCUT2D eigenvalue weighted by atomic mass is 9.82. The highest BCUT2D eigenvalue weighted by Gasteiger charge is 2.44. The summed E-state index contributed by atoms with van der Waals surface area (Å²) in [5.41, 5.74) is 0.901. The number of piperidine rings is 1. The molecule has 1 spiro atoms. The Balaban J connectivity index is 1.71. The van der Waals surface area contributed by atoms with Gasteiger partial charge in [0.25, 0.3) is 0 Å². The maximum Gasteiger partial charge on any atom is 0.225 e. The lowest BCUT2D eigenvalue weighted by Gasteiger charge is -2.46. The van der Waals surface area contributed by atoms with E-state index in [1.807, 2.05) is 6.92 Å². The minimum Gasteiger partial charge on any atom is -0.390 e. The molecule has 0 amide bonds. The van der Waals surface area contributed by atoms with Crippen molar-refractivity contribution < 1.29 is 14.6 Å². The topological polar surface area (TPSA) is 75.6 Å². The maximum atomic E-state index is 11.5. The highest BCUT2D eigenvalue weighted by Crippen LogP contribution is 2.35. The molecular weight excluding hydrogens is 282 g/mol. The van der Waals surface area contributed by atoms with Crippen LogP contribution in [0.4, 0.5) is 5.95 Å². The van der Waals surface area contributed by atoms with E-state index in [0.717, 1.165) is 45.4 Å². The van der Waals surface area contributed by atoms with Crippen molar-refractivity contribution in [3.8, 4) is 0 Å². The molecule has 2 saturated heterocycles. The van der Waals surface area contributed by atoms with E-state index in [9.17, 15) is 9.90 Å². The molecule has 2 fully saturated rings. The number of ether oxygens (including phenoxy) is 1. The normalized spacial score (nSPS) is 24.5. The summed E-state index contributed by atoms with van der Waals surface area (Å²) in [5, 5.41) is 10.3. The van der Waals surface area contributed by atoms with Gasteiger partial charge in [0, 0.05) is 25.9 Å². The molecule has 1 aromatic rings. The number of ketones is 1. The lowest BCUT2D eigenvalue weighted by molar-refractivity contribution is -0.164. The van der Waals surface area contributed by atoms with Crippen LogP contribution in [0.2, 0.25) is 0 Å². The minimum absolute atomic E-state index is 0.0135. The quantitative estimate of drug-likeness (QED) is 0.835. The van der Waals surface area contributed by atoms with Gasteiger partial charge in [-0.1, -0.05) is 0 Å². The molecule has 1 aromatic heterocycles. The number of anilines is 1. The molecule has 22 heavy (non-hydrogen) atoms. The third-order valence-electron chi connectivity index (χ3n) is 4.86. The number of aliphatic hydroxyl groups is 1. The van der Waals surface area contributed by atoms with Crippen molar-refractivity contribution in [3.05, 3.63) is 17.5 Å². The van der Waals surface area contributed by atoms with Crippen LogP contribution in [0.25, 0.3) is 0 Å². The van der Waals surface area contributed by atoms with Crippen molar-refractivity contribution in [1.82, 2.24) is 9.97 Å². The van der Waals surface area contributed by atoms with Gasteiger partial charge in [-0.2, -0.15) is 0 Å². The number of Topliss-reactive ketones (excluding diaryl/α,β-unsaturated/α-hetero) is 1. The van der Waals surface area contributed by atoms with Gasteiger partial charge in [0.2, 0.25) is 5.95 Å². The number of hydrogen-bond acceptors (Lipinski definition) is 6. The summed E-state index contributed by atoms with van der Waals surface area (Å²) in [7, 11) is 0. The monoisotopic (exact) mass is 305 g/mol. The molecular formula is C16H23N3O3. The largest absolute Gasteiger partial charge is 0.390 e. The molecule has 3 rings (SSSR count). The molecule has 0 aromatic carbocycles. The van der Waals surface area contributed by atoms with Crippen LogP contribution in [0.3, 0.4) is 0 Å². The van der Waals surface area contributed by atoms with Gasteiger partial charge in [-0.3, -0.25) is 4.79 Å². The van der Waals surface area contributed by atoms with E-state index in [0.29, 0.717) is 17.2 Å². The van der Waals surface area contributed by atoms with E-state index in [1.165, 1.54) is 6.92 Å². The second kappa shape index (κ2) is 5.93. The molecule has 3 heterocycles. The predicted molar refractivity (Wildman–Crippen MR) is 82.1 cm³/mol. The molecule has 0 bridgehead atoms. The van der Waals surface area contributed by atoms with E-state index in [-0.39, 0.29) is 17.5 Å². The highest BCUT2D eigenvalue weighted by molar-refractivity contribution is 5.94. The van der Waals surface area contributed by atoms with Crippen molar-refractivity contribution in [1.29, 1.82) is 0 Å². The van der Waals surface area contributed by atoms with Gasteiger partial charge in [0.05, 0.1) is 23.0 Å². The summed E-state index contributed by atoms with van der Waals surface area (Å²) in [6, 6.07) is 0.